The summed E-state index contributed by atoms with van der Waals surface area (Å²) in [6.07, 6.45) is 1.80. The van der Waals surface area contributed by atoms with Gasteiger partial charge in [0.1, 0.15) is 0 Å². The Morgan fingerprint density at radius 3 is 1.80 bits per heavy atom. The summed E-state index contributed by atoms with van der Waals surface area (Å²) < 4.78 is 49.2. The van der Waals surface area contributed by atoms with Crippen molar-refractivity contribution in [3.8, 4) is 0 Å². The van der Waals surface area contributed by atoms with Crippen LogP contribution < -0.4 is 4.72 Å². The standard InChI is InChI=1S/C13H21NO4S2/c1-13(2,3)9-10-14-20(17,18)12-7-5-11(6-8-12)19(4,15)16/h5-8,14H,9-10H2,1-4H3. The van der Waals surface area contributed by atoms with Crippen molar-refractivity contribution in [2.75, 3.05) is 12.8 Å². The lowest BCUT2D eigenvalue weighted by molar-refractivity contribution is 0.378. The summed E-state index contributed by atoms with van der Waals surface area (Å²) >= 11 is 0. The van der Waals surface area contributed by atoms with Crippen LogP contribution in [0.3, 0.4) is 0 Å². The van der Waals surface area contributed by atoms with Crippen LogP contribution in [0.4, 0.5) is 0 Å². The molecule has 1 N–H and O–H groups in total. The lowest BCUT2D eigenvalue weighted by Gasteiger charge is -2.18. The first-order valence-corrected chi connectivity index (χ1v) is 9.59. The van der Waals surface area contributed by atoms with Gasteiger partial charge in [-0.1, -0.05) is 20.8 Å². The van der Waals surface area contributed by atoms with Crippen molar-refractivity contribution in [2.24, 2.45) is 5.41 Å². The number of benzene rings is 1. The van der Waals surface area contributed by atoms with Gasteiger partial charge in [-0.25, -0.2) is 21.6 Å². The maximum absolute atomic E-state index is 12.0. The Hall–Kier alpha value is -0.920. The Balaban J connectivity index is 2.84. The second-order valence-electron chi connectivity index (χ2n) is 5.95. The summed E-state index contributed by atoms with van der Waals surface area (Å²) in [4.78, 5) is 0.171. The molecule has 7 heteroatoms. The molecule has 0 unspecified atom stereocenters. The van der Waals surface area contributed by atoms with Crippen molar-refractivity contribution >= 4 is 19.9 Å². The SMILES string of the molecule is CC(C)(C)CCNS(=O)(=O)c1ccc(S(C)(=O)=O)cc1. The van der Waals surface area contributed by atoms with E-state index in [0.29, 0.717) is 13.0 Å². The molecule has 0 bridgehead atoms. The molecule has 0 aliphatic heterocycles. The van der Waals surface area contributed by atoms with E-state index in [1.165, 1.54) is 24.3 Å². The molecule has 1 rings (SSSR count). The second kappa shape index (κ2) is 5.83. The summed E-state index contributed by atoms with van der Waals surface area (Å²) in [5, 5.41) is 0. The molecule has 0 radical (unpaired) electrons. The number of hydrogen-bond acceptors (Lipinski definition) is 4. The fraction of sp³-hybridized carbons (Fsp3) is 0.538. The van der Waals surface area contributed by atoms with Gasteiger partial charge in [0.05, 0.1) is 9.79 Å². The monoisotopic (exact) mass is 319 g/mol. The fourth-order valence-electron chi connectivity index (χ4n) is 1.51. The van der Waals surface area contributed by atoms with E-state index in [0.717, 1.165) is 6.26 Å². The van der Waals surface area contributed by atoms with Gasteiger partial charge in [-0.05, 0) is 36.1 Å². The Labute approximate surface area is 121 Å². The number of sulfone groups is 1. The van der Waals surface area contributed by atoms with Crippen LogP contribution in [0.1, 0.15) is 27.2 Å². The van der Waals surface area contributed by atoms with E-state index >= 15 is 0 Å². The van der Waals surface area contributed by atoms with E-state index in [1.807, 2.05) is 20.8 Å². The molecule has 114 valence electrons. The third-order valence-corrected chi connectivity index (χ3v) is 5.33. The third kappa shape index (κ3) is 5.22. The molecule has 1 aromatic rings. The van der Waals surface area contributed by atoms with Gasteiger partial charge in [0.2, 0.25) is 10.0 Å². The van der Waals surface area contributed by atoms with Crippen molar-refractivity contribution in [3.05, 3.63) is 24.3 Å². The predicted molar refractivity (Wildman–Crippen MR) is 78.8 cm³/mol. The molecule has 0 saturated heterocycles. The minimum Gasteiger partial charge on any atom is -0.224 e. The first-order chi connectivity index (χ1) is 8.92. The number of sulfonamides is 1. The third-order valence-electron chi connectivity index (χ3n) is 2.73. The minimum atomic E-state index is -3.59. The molecule has 0 atom stereocenters. The zero-order valence-electron chi connectivity index (χ0n) is 12.2. The molecule has 0 aromatic heterocycles. The van der Waals surface area contributed by atoms with Gasteiger partial charge in [0.15, 0.2) is 9.84 Å². The summed E-state index contributed by atoms with van der Waals surface area (Å²) in [6.45, 7) is 6.44. The molecule has 0 fully saturated rings. The topological polar surface area (TPSA) is 80.3 Å². The number of nitrogens with one attached hydrogen (secondary N) is 1. The Morgan fingerprint density at radius 1 is 0.950 bits per heavy atom. The van der Waals surface area contributed by atoms with Gasteiger partial charge in [-0.15, -0.1) is 0 Å². The predicted octanol–water partition coefficient (Wildman–Crippen LogP) is 1.80. The van der Waals surface area contributed by atoms with Gasteiger partial charge in [-0.2, -0.15) is 0 Å². The van der Waals surface area contributed by atoms with Gasteiger partial charge in [0.25, 0.3) is 0 Å². The zero-order chi connectivity index (χ0) is 15.6. The van der Waals surface area contributed by atoms with E-state index in [-0.39, 0.29) is 15.2 Å². The van der Waals surface area contributed by atoms with E-state index in [2.05, 4.69) is 4.72 Å². The van der Waals surface area contributed by atoms with Crippen molar-refractivity contribution in [1.29, 1.82) is 0 Å². The Kier molecular flexibility index (Phi) is 4.99. The van der Waals surface area contributed by atoms with E-state index in [4.69, 9.17) is 0 Å². The molecule has 0 amide bonds. The maximum atomic E-state index is 12.0. The van der Waals surface area contributed by atoms with E-state index < -0.39 is 19.9 Å². The van der Waals surface area contributed by atoms with Gasteiger partial charge in [0, 0.05) is 12.8 Å². The Morgan fingerprint density at radius 2 is 1.40 bits per heavy atom. The quantitative estimate of drug-likeness (QED) is 0.897. The molecule has 1 aromatic carbocycles. The fourth-order valence-corrected chi connectivity index (χ4v) is 3.17. The van der Waals surface area contributed by atoms with Crippen LogP contribution in [-0.2, 0) is 19.9 Å². The Bertz CT molecular complexity index is 653. The summed E-state index contributed by atoms with van der Waals surface area (Å²) in [5.74, 6) is 0. The lowest BCUT2D eigenvalue weighted by Crippen LogP contribution is -2.27. The molecule has 0 aliphatic rings. The molecule has 0 aliphatic carbocycles. The first kappa shape index (κ1) is 17.1. The largest absolute Gasteiger partial charge is 0.240 e. The van der Waals surface area contributed by atoms with Crippen molar-refractivity contribution in [2.45, 2.75) is 37.0 Å². The van der Waals surface area contributed by atoms with Crippen LogP contribution in [0.2, 0.25) is 0 Å². The maximum Gasteiger partial charge on any atom is 0.240 e. The van der Waals surface area contributed by atoms with Gasteiger partial charge in [-0.3, -0.25) is 0 Å². The van der Waals surface area contributed by atoms with Crippen molar-refractivity contribution in [3.63, 3.8) is 0 Å². The highest BCUT2D eigenvalue weighted by Crippen LogP contribution is 2.18. The normalized spacial score (nSPS) is 13.4. The molecule has 0 saturated carbocycles. The molecule has 20 heavy (non-hydrogen) atoms. The van der Waals surface area contributed by atoms with E-state index in [9.17, 15) is 16.8 Å². The highest BCUT2D eigenvalue weighted by atomic mass is 32.2. The molecular formula is C13H21NO4S2. The van der Waals surface area contributed by atoms with Crippen molar-refractivity contribution < 1.29 is 16.8 Å². The summed E-state index contributed by atoms with van der Waals surface area (Å²) in [6, 6.07) is 5.20. The van der Waals surface area contributed by atoms with Crippen LogP contribution in [0, 0.1) is 5.41 Å². The van der Waals surface area contributed by atoms with Gasteiger partial charge < -0.3 is 0 Å². The summed E-state index contributed by atoms with van der Waals surface area (Å²) in [5.41, 5.74) is 0.0443. The first-order valence-electron chi connectivity index (χ1n) is 6.22. The number of hydrogen-bond donors (Lipinski definition) is 1. The molecule has 0 heterocycles. The average molecular weight is 319 g/mol. The zero-order valence-corrected chi connectivity index (χ0v) is 13.8. The smallest absolute Gasteiger partial charge is 0.224 e. The van der Waals surface area contributed by atoms with Crippen LogP contribution >= 0.6 is 0 Å². The van der Waals surface area contributed by atoms with Gasteiger partial charge >= 0.3 is 0 Å². The second-order valence-corrected chi connectivity index (χ2v) is 9.73. The van der Waals surface area contributed by atoms with Crippen molar-refractivity contribution in [1.82, 2.24) is 4.72 Å². The van der Waals surface area contributed by atoms with Crippen LogP contribution in [0.15, 0.2) is 34.1 Å². The van der Waals surface area contributed by atoms with Crippen LogP contribution in [0.5, 0.6) is 0 Å². The van der Waals surface area contributed by atoms with Crippen LogP contribution in [0.25, 0.3) is 0 Å². The molecule has 0 spiro atoms. The molecule has 5 nitrogen and oxygen atoms in total. The summed E-state index contributed by atoms with van der Waals surface area (Å²) in [7, 11) is -6.91. The average Bonchev–Trinajstić information content (AvgIpc) is 2.26. The lowest BCUT2D eigenvalue weighted by atomic mass is 9.93. The number of rotatable bonds is 5. The molecular weight excluding hydrogens is 298 g/mol. The highest BCUT2D eigenvalue weighted by molar-refractivity contribution is 7.90. The highest BCUT2D eigenvalue weighted by Gasteiger charge is 2.17. The minimum absolute atomic E-state index is 0.0443. The van der Waals surface area contributed by atoms with Crippen LogP contribution in [-0.4, -0.2) is 29.6 Å². The van der Waals surface area contributed by atoms with E-state index in [1.54, 1.807) is 0 Å².